The van der Waals surface area contributed by atoms with Gasteiger partial charge < -0.3 is 10.6 Å². The van der Waals surface area contributed by atoms with Crippen molar-refractivity contribution in [2.75, 3.05) is 20.6 Å². The van der Waals surface area contributed by atoms with E-state index < -0.39 is 5.62 Å². The molecule has 68 valence electrons. The van der Waals surface area contributed by atoms with Gasteiger partial charge in [0.05, 0.1) is 0 Å². The molecule has 0 saturated carbocycles. The van der Waals surface area contributed by atoms with E-state index in [9.17, 15) is 0 Å². The Morgan fingerprint density at radius 2 is 2.09 bits per heavy atom. The molecular weight excluding hydrogens is 162 g/mol. The average molecular weight is 180 g/mol. The van der Waals surface area contributed by atoms with Crippen LogP contribution in [0.15, 0.2) is 0 Å². The third-order valence-corrected chi connectivity index (χ3v) is 1.90. The van der Waals surface area contributed by atoms with E-state index in [2.05, 4.69) is 31.2 Å². The molecule has 0 saturated heterocycles. The van der Waals surface area contributed by atoms with E-state index in [4.69, 9.17) is 17.3 Å². The van der Waals surface area contributed by atoms with Crippen molar-refractivity contribution in [1.29, 1.82) is 0 Å². The molecule has 0 aliphatic carbocycles. The van der Waals surface area contributed by atoms with Crippen molar-refractivity contribution in [2.45, 2.75) is 25.0 Å². The summed E-state index contributed by atoms with van der Waals surface area (Å²) in [4.78, 5) is 2.16. The van der Waals surface area contributed by atoms with E-state index in [-0.39, 0.29) is 0 Å². The first-order chi connectivity index (χ1) is 5.07. The summed E-state index contributed by atoms with van der Waals surface area (Å²) in [5, 5.41) is 2.98. The Kier molecular flexibility index (Phi) is 5.86. The summed E-state index contributed by atoms with van der Waals surface area (Å²) >= 11 is 5.53. The van der Waals surface area contributed by atoms with E-state index in [1.165, 1.54) is 0 Å². The molecule has 0 rings (SSSR count). The van der Waals surface area contributed by atoms with Crippen LogP contribution in [0.3, 0.4) is 0 Å². The minimum atomic E-state index is -0.427. The summed E-state index contributed by atoms with van der Waals surface area (Å²) in [6, 6.07) is 0.514. The van der Waals surface area contributed by atoms with Crippen molar-refractivity contribution < 1.29 is 0 Å². The lowest BCUT2D eigenvalue weighted by Gasteiger charge is -2.23. The Hall–Kier alpha value is 0.170. The maximum Gasteiger partial charge on any atom is 0.132 e. The summed E-state index contributed by atoms with van der Waals surface area (Å²) in [5.74, 6) is 0. The molecule has 11 heavy (non-hydrogen) atoms. The number of nitrogens with one attached hydrogen (secondary N) is 1. The van der Waals surface area contributed by atoms with Crippen LogP contribution >= 0.6 is 11.6 Å². The highest BCUT2D eigenvalue weighted by Gasteiger charge is 2.08. The molecule has 1 unspecified atom stereocenters. The zero-order valence-corrected chi connectivity index (χ0v) is 8.23. The van der Waals surface area contributed by atoms with Gasteiger partial charge in [-0.05, 0) is 20.5 Å². The summed E-state index contributed by atoms with van der Waals surface area (Å²) in [6.45, 7) is 2.99. The second-order valence-electron chi connectivity index (χ2n) is 2.84. The van der Waals surface area contributed by atoms with Crippen LogP contribution in [0.2, 0.25) is 0 Å². The van der Waals surface area contributed by atoms with Gasteiger partial charge in [-0.25, -0.2) is 0 Å². The molecule has 0 amide bonds. The lowest BCUT2D eigenvalue weighted by atomic mass is 10.2. The molecule has 3 N–H and O–H groups in total. The molecule has 0 spiro atoms. The van der Waals surface area contributed by atoms with Crippen LogP contribution in [0.25, 0.3) is 0 Å². The zero-order valence-electron chi connectivity index (χ0n) is 7.47. The van der Waals surface area contributed by atoms with E-state index in [0.717, 1.165) is 13.0 Å². The Bertz CT molecular complexity index is 95.7. The standard InChI is InChI=1S/C7H18ClN3/c1-4-6(11(2)3)5-10-7(8)9/h6-7,10H,4-5,9H2,1-3H3/t6?,7-/m1/s1. The third kappa shape index (κ3) is 5.44. The quantitative estimate of drug-likeness (QED) is 0.365. The number of rotatable bonds is 5. The Balaban J connectivity index is 3.52. The van der Waals surface area contributed by atoms with E-state index in [1.54, 1.807) is 0 Å². The largest absolute Gasteiger partial charge is 0.305 e. The predicted molar refractivity (Wildman–Crippen MR) is 49.6 cm³/mol. The molecule has 0 fully saturated rings. The molecule has 0 aliphatic rings. The molecule has 4 heteroatoms. The van der Waals surface area contributed by atoms with E-state index >= 15 is 0 Å². The summed E-state index contributed by atoms with van der Waals surface area (Å²) in [5.41, 5.74) is 4.90. The fraction of sp³-hybridized carbons (Fsp3) is 1.00. The highest BCUT2D eigenvalue weighted by molar-refractivity contribution is 6.19. The van der Waals surface area contributed by atoms with Gasteiger partial charge in [0.25, 0.3) is 0 Å². The van der Waals surface area contributed by atoms with Crippen molar-refractivity contribution in [3.8, 4) is 0 Å². The normalized spacial score (nSPS) is 16.9. The maximum absolute atomic E-state index is 5.53. The molecule has 0 bridgehead atoms. The van der Waals surface area contributed by atoms with Gasteiger partial charge in [0, 0.05) is 12.6 Å². The summed E-state index contributed by atoms with van der Waals surface area (Å²) in [6.07, 6.45) is 1.10. The zero-order chi connectivity index (χ0) is 8.85. The molecule has 0 aromatic rings. The van der Waals surface area contributed by atoms with Gasteiger partial charge in [-0.3, -0.25) is 5.32 Å². The molecular formula is C7H18ClN3. The molecule has 0 aromatic carbocycles. The number of halogens is 1. The second kappa shape index (κ2) is 5.77. The van der Waals surface area contributed by atoms with Crippen LogP contribution < -0.4 is 11.1 Å². The van der Waals surface area contributed by atoms with Crippen LogP contribution in [0, 0.1) is 0 Å². The van der Waals surface area contributed by atoms with Crippen LogP contribution in [-0.4, -0.2) is 37.2 Å². The van der Waals surface area contributed by atoms with Crippen LogP contribution in [0.4, 0.5) is 0 Å². The van der Waals surface area contributed by atoms with Gasteiger partial charge in [-0.15, -0.1) is 0 Å². The molecule has 0 aromatic heterocycles. The highest BCUT2D eigenvalue weighted by Crippen LogP contribution is 1.96. The Morgan fingerprint density at radius 3 is 2.36 bits per heavy atom. The van der Waals surface area contributed by atoms with Crippen molar-refractivity contribution >= 4 is 11.6 Å². The number of nitrogens with zero attached hydrogens (tertiary/aromatic N) is 1. The SMILES string of the molecule is CCC(CN[C@@H](N)Cl)N(C)C. The summed E-state index contributed by atoms with van der Waals surface area (Å²) < 4.78 is 0. The van der Waals surface area contributed by atoms with Crippen molar-refractivity contribution in [1.82, 2.24) is 10.2 Å². The Labute approximate surface area is 73.9 Å². The lowest BCUT2D eigenvalue weighted by Crippen LogP contribution is -2.42. The van der Waals surface area contributed by atoms with Crippen molar-refractivity contribution in [3.05, 3.63) is 0 Å². The van der Waals surface area contributed by atoms with Gasteiger partial charge in [0.2, 0.25) is 0 Å². The van der Waals surface area contributed by atoms with Gasteiger partial charge in [-0.2, -0.15) is 0 Å². The lowest BCUT2D eigenvalue weighted by molar-refractivity contribution is 0.275. The topological polar surface area (TPSA) is 41.3 Å². The maximum atomic E-state index is 5.53. The number of alkyl halides is 1. The predicted octanol–water partition coefficient (Wildman–Crippen LogP) is 0.397. The van der Waals surface area contributed by atoms with Gasteiger partial charge in [0.1, 0.15) is 5.62 Å². The smallest absolute Gasteiger partial charge is 0.132 e. The molecule has 0 radical (unpaired) electrons. The first-order valence-corrected chi connectivity index (χ1v) is 4.31. The number of nitrogens with two attached hydrogens (primary N) is 1. The van der Waals surface area contributed by atoms with Gasteiger partial charge in [0.15, 0.2) is 0 Å². The second-order valence-corrected chi connectivity index (χ2v) is 3.31. The van der Waals surface area contributed by atoms with Crippen LogP contribution in [0.5, 0.6) is 0 Å². The minimum absolute atomic E-state index is 0.427. The molecule has 0 heterocycles. The first-order valence-electron chi connectivity index (χ1n) is 3.87. The minimum Gasteiger partial charge on any atom is -0.305 e. The van der Waals surface area contributed by atoms with E-state index in [0.29, 0.717) is 6.04 Å². The van der Waals surface area contributed by atoms with E-state index in [1.807, 2.05) is 0 Å². The van der Waals surface area contributed by atoms with Crippen molar-refractivity contribution in [2.24, 2.45) is 5.73 Å². The van der Waals surface area contributed by atoms with Crippen LogP contribution in [0.1, 0.15) is 13.3 Å². The third-order valence-electron chi connectivity index (χ3n) is 1.75. The van der Waals surface area contributed by atoms with Crippen molar-refractivity contribution in [3.63, 3.8) is 0 Å². The molecule has 2 atom stereocenters. The highest BCUT2D eigenvalue weighted by atomic mass is 35.5. The monoisotopic (exact) mass is 179 g/mol. The van der Waals surface area contributed by atoms with Gasteiger partial charge >= 0.3 is 0 Å². The molecule has 3 nitrogen and oxygen atoms in total. The van der Waals surface area contributed by atoms with Gasteiger partial charge in [-0.1, -0.05) is 18.5 Å². The number of hydrogen-bond donors (Lipinski definition) is 2. The fourth-order valence-electron chi connectivity index (χ4n) is 0.941. The Morgan fingerprint density at radius 1 is 1.55 bits per heavy atom. The molecule has 0 aliphatic heterocycles. The first kappa shape index (κ1) is 11.2. The average Bonchev–Trinajstić information content (AvgIpc) is 1.87. The number of hydrogen-bond acceptors (Lipinski definition) is 3. The van der Waals surface area contributed by atoms with Crippen LogP contribution in [-0.2, 0) is 0 Å². The summed E-state index contributed by atoms with van der Waals surface area (Å²) in [7, 11) is 4.10. The fourth-order valence-corrected chi connectivity index (χ4v) is 1.03. The number of likely N-dealkylation sites (N-methyl/N-ethyl adjacent to an activating group) is 1.